The maximum atomic E-state index is 11.5. The molecule has 0 aromatic heterocycles. The molecule has 5 atom stereocenters. The van der Waals surface area contributed by atoms with Crippen LogP contribution in [-0.4, -0.2) is 59.1 Å². The summed E-state index contributed by atoms with van der Waals surface area (Å²) in [7, 11) is 1.13. The van der Waals surface area contributed by atoms with E-state index in [-0.39, 0.29) is 6.61 Å². The van der Waals surface area contributed by atoms with E-state index in [1.54, 1.807) is 0 Å². The molecule has 0 aliphatic carbocycles. The van der Waals surface area contributed by atoms with Crippen molar-refractivity contribution in [2.75, 3.05) is 7.11 Å². The summed E-state index contributed by atoms with van der Waals surface area (Å²) < 4.78 is 14.8. The predicted octanol–water partition coefficient (Wildman–Crippen LogP) is -0.816. The lowest BCUT2D eigenvalue weighted by Gasteiger charge is -2.39. The van der Waals surface area contributed by atoms with Gasteiger partial charge in [-0.3, -0.25) is 0 Å². The summed E-state index contributed by atoms with van der Waals surface area (Å²) in [5.74, 6) is -0.846. The van der Waals surface area contributed by atoms with Gasteiger partial charge in [-0.05, 0) is 5.56 Å². The normalized spacial score (nSPS) is 32.7. The van der Waals surface area contributed by atoms with Crippen molar-refractivity contribution in [2.24, 2.45) is 0 Å². The van der Waals surface area contributed by atoms with Gasteiger partial charge in [0.15, 0.2) is 12.4 Å². The lowest BCUT2D eigenvalue weighted by Crippen LogP contribution is -2.60. The first kappa shape index (κ1) is 15.9. The van der Waals surface area contributed by atoms with Crippen molar-refractivity contribution in [1.82, 2.24) is 0 Å². The van der Waals surface area contributed by atoms with Crippen molar-refractivity contribution in [1.29, 1.82) is 0 Å². The highest BCUT2D eigenvalue weighted by Crippen LogP contribution is 2.24. The van der Waals surface area contributed by atoms with Crippen molar-refractivity contribution >= 4 is 5.97 Å². The predicted molar refractivity (Wildman–Crippen MR) is 69.9 cm³/mol. The Kier molecular flexibility index (Phi) is 5.27. The van der Waals surface area contributed by atoms with Gasteiger partial charge >= 0.3 is 5.97 Å². The molecule has 3 N–H and O–H groups in total. The van der Waals surface area contributed by atoms with Gasteiger partial charge in [0.2, 0.25) is 0 Å². The van der Waals surface area contributed by atoms with Crippen molar-refractivity contribution in [3.8, 4) is 0 Å². The summed E-state index contributed by atoms with van der Waals surface area (Å²) in [6.45, 7) is 0.111. The maximum absolute atomic E-state index is 11.5. The third-order valence-corrected chi connectivity index (χ3v) is 3.28. The number of hydrogen-bond donors (Lipinski definition) is 3. The maximum Gasteiger partial charge on any atom is 0.337 e. The molecule has 1 saturated heterocycles. The van der Waals surface area contributed by atoms with Gasteiger partial charge in [-0.2, -0.15) is 0 Å². The van der Waals surface area contributed by atoms with Gasteiger partial charge in [0.25, 0.3) is 0 Å². The van der Waals surface area contributed by atoms with Crippen LogP contribution < -0.4 is 0 Å². The number of benzene rings is 1. The molecule has 1 aliphatic rings. The van der Waals surface area contributed by atoms with E-state index in [4.69, 9.17) is 9.47 Å². The topological polar surface area (TPSA) is 105 Å². The summed E-state index contributed by atoms with van der Waals surface area (Å²) in [4.78, 5) is 11.5. The first-order valence-corrected chi connectivity index (χ1v) is 6.47. The molecular weight excluding hydrogens is 280 g/mol. The zero-order chi connectivity index (χ0) is 15.4. The van der Waals surface area contributed by atoms with Crippen LogP contribution in [0.4, 0.5) is 0 Å². The summed E-state index contributed by atoms with van der Waals surface area (Å²) >= 11 is 0. The fourth-order valence-corrected chi connectivity index (χ4v) is 2.12. The first-order valence-electron chi connectivity index (χ1n) is 6.47. The van der Waals surface area contributed by atoms with Crippen LogP contribution >= 0.6 is 0 Å². The molecule has 0 bridgehead atoms. The standard InChI is InChI=1S/C14H18O7/c1-19-14(18)12-9(15)11(10(16)13(17)21-12)20-7-8-5-3-2-4-6-8/h2-6,9-13,15-17H,7H2,1H3/t9-,10?,11+,12?,13?/m0/s1. The zero-order valence-electron chi connectivity index (χ0n) is 11.5. The number of hydrogen-bond acceptors (Lipinski definition) is 7. The second-order valence-electron chi connectivity index (χ2n) is 4.71. The zero-order valence-corrected chi connectivity index (χ0v) is 11.5. The number of carbonyl (C=O) groups is 1. The average molecular weight is 298 g/mol. The molecule has 21 heavy (non-hydrogen) atoms. The summed E-state index contributed by atoms with van der Waals surface area (Å²) in [6, 6.07) is 9.11. The molecule has 7 nitrogen and oxygen atoms in total. The van der Waals surface area contributed by atoms with Crippen LogP contribution in [0.2, 0.25) is 0 Å². The number of carbonyl (C=O) groups excluding carboxylic acids is 1. The summed E-state index contributed by atoms with van der Waals surface area (Å²) in [5, 5.41) is 29.5. The van der Waals surface area contributed by atoms with Crippen molar-refractivity contribution in [3.63, 3.8) is 0 Å². The van der Waals surface area contributed by atoms with Gasteiger partial charge in [0.1, 0.15) is 18.3 Å². The van der Waals surface area contributed by atoms with E-state index < -0.39 is 36.7 Å². The third kappa shape index (κ3) is 3.58. The Bertz CT molecular complexity index is 464. The highest BCUT2D eigenvalue weighted by molar-refractivity contribution is 5.75. The van der Waals surface area contributed by atoms with Crippen LogP contribution in [0.3, 0.4) is 0 Å². The summed E-state index contributed by atoms with van der Waals surface area (Å²) in [6.07, 6.45) is -7.13. The van der Waals surface area contributed by atoms with E-state index in [1.165, 1.54) is 0 Å². The molecule has 2 rings (SSSR count). The minimum absolute atomic E-state index is 0.111. The third-order valence-electron chi connectivity index (χ3n) is 3.28. The van der Waals surface area contributed by atoms with Gasteiger partial charge in [0.05, 0.1) is 13.7 Å². The van der Waals surface area contributed by atoms with E-state index >= 15 is 0 Å². The van der Waals surface area contributed by atoms with Gasteiger partial charge in [-0.15, -0.1) is 0 Å². The molecule has 3 unspecified atom stereocenters. The van der Waals surface area contributed by atoms with Crippen molar-refractivity contribution in [2.45, 2.75) is 37.3 Å². The largest absolute Gasteiger partial charge is 0.467 e. The van der Waals surface area contributed by atoms with E-state index in [0.29, 0.717) is 0 Å². The smallest absolute Gasteiger partial charge is 0.337 e. The van der Waals surface area contributed by atoms with Crippen molar-refractivity contribution in [3.05, 3.63) is 35.9 Å². The lowest BCUT2D eigenvalue weighted by molar-refractivity contribution is -0.289. The number of methoxy groups -OCH3 is 1. The van der Waals surface area contributed by atoms with Gasteiger partial charge in [-0.25, -0.2) is 4.79 Å². The van der Waals surface area contributed by atoms with Gasteiger partial charge in [0, 0.05) is 0 Å². The van der Waals surface area contributed by atoms with Crippen LogP contribution in [0.15, 0.2) is 30.3 Å². The SMILES string of the molecule is COC(=O)C1OC(O)C(O)[C@H](OCc2ccccc2)[C@@H]1O. The second kappa shape index (κ2) is 6.97. The van der Waals surface area contributed by atoms with Gasteiger partial charge in [-0.1, -0.05) is 30.3 Å². The minimum Gasteiger partial charge on any atom is -0.467 e. The number of esters is 1. The highest BCUT2D eigenvalue weighted by atomic mass is 16.7. The molecule has 7 heteroatoms. The first-order chi connectivity index (χ1) is 10.0. The highest BCUT2D eigenvalue weighted by Gasteiger charge is 2.48. The Morgan fingerprint density at radius 3 is 2.48 bits per heavy atom. The van der Waals surface area contributed by atoms with Crippen LogP contribution in [-0.2, 0) is 25.6 Å². The Balaban J connectivity index is 2.06. The Morgan fingerprint density at radius 1 is 1.19 bits per heavy atom. The molecule has 116 valence electrons. The van der Waals surface area contributed by atoms with Crippen LogP contribution in [0, 0.1) is 0 Å². The Hall–Kier alpha value is -1.51. The number of aliphatic hydroxyl groups is 3. The monoisotopic (exact) mass is 298 g/mol. The lowest BCUT2D eigenvalue weighted by atomic mass is 9.98. The molecule has 1 aromatic carbocycles. The molecule has 0 spiro atoms. The minimum atomic E-state index is -1.64. The molecule has 1 aromatic rings. The molecular formula is C14H18O7. The Labute approximate surface area is 121 Å². The summed E-state index contributed by atoms with van der Waals surface area (Å²) in [5.41, 5.74) is 0.826. The molecule has 1 aliphatic heterocycles. The fourth-order valence-electron chi connectivity index (χ4n) is 2.12. The fraction of sp³-hybridized carbons (Fsp3) is 0.500. The van der Waals surface area contributed by atoms with E-state index in [9.17, 15) is 20.1 Å². The average Bonchev–Trinajstić information content (AvgIpc) is 2.51. The number of ether oxygens (including phenoxy) is 3. The van der Waals surface area contributed by atoms with Crippen LogP contribution in [0.1, 0.15) is 5.56 Å². The van der Waals surface area contributed by atoms with Crippen molar-refractivity contribution < 1.29 is 34.3 Å². The Morgan fingerprint density at radius 2 is 1.86 bits per heavy atom. The van der Waals surface area contributed by atoms with E-state index in [1.807, 2.05) is 30.3 Å². The molecule has 1 fully saturated rings. The number of rotatable bonds is 4. The second-order valence-corrected chi connectivity index (χ2v) is 4.71. The van der Waals surface area contributed by atoms with E-state index in [0.717, 1.165) is 12.7 Å². The molecule has 1 heterocycles. The quantitative estimate of drug-likeness (QED) is 0.624. The number of aliphatic hydroxyl groups excluding tert-OH is 3. The molecule has 0 radical (unpaired) electrons. The molecule has 0 saturated carbocycles. The van der Waals surface area contributed by atoms with Gasteiger partial charge < -0.3 is 29.5 Å². The van der Waals surface area contributed by atoms with Crippen LogP contribution in [0.5, 0.6) is 0 Å². The molecule has 0 amide bonds. The van der Waals surface area contributed by atoms with Crippen LogP contribution in [0.25, 0.3) is 0 Å². The van der Waals surface area contributed by atoms with E-state index in [2.05, 4.69) is 4.74 Å².